The van der Waals surface area contributed by atoms with Crippen LogP contribution >= 0.6 is 0 Å². The van der Waals surface area contributed by atoms with Gasteiger partial charge in [0.15, 0.2) is 5.82 Å². The molecule has 2 N–H and O–H groups in total. The average molecular weight is 440 g/mol. The fourth-order valence-electron chi connectivity index (χ4n) is 4.28. The number of fused-ring (bicyclic) bond motifs is 2. The highest BCUT2D eigenvalue weighted by atomic mass is 16.2. The Morgan fingerprint density at radius 3 is 2.79 bits per heavy atom. The van der Waals surface area contributed by atoms with E-state index in [2.05, 4.69) is 26.3 Å². The van der Waals surface area contributed by atoms with Gasteiger partial charge in [-0.25, -0.2) is 9.97 Å². The summed E-state index contributed by atoms with van der Waals surface area (Å²) < 4.78 is 0. The third kappa shape index (κ3) is 4.48. The van der Waals surface area contributed by atoms with Crippen molar-refractivity contribution in [3.8, 4) is 11.4 Å². The highest BCUT2D eigenvalue weighted by molar-refractivity contribution is 5.97. The molecule has 2 amide bonds. The quantitative estimate of drug-likeness (QED) is 0.482. The molecule has 0 fully saturated rings. The molecule has 0 bridgehead atoms. The summed E-state index contributed by atoms with van der Waals surface area (Å²) in [5, 5.41) is 4.12. The zero-order chi connectivity index (χ0) is 22.6. The second-order valence-corrected chi connectivity index (χ2v) is 8.21. The van der Waals surface area contributed by atoms with Crippen molar-refractivity contribution in [3.63, 3.8) is 0 Å². The van der Waals surface area contributed by atoms with Gasteiger partial charge in [0.1, 0.15) is 0 Å². The van der Waals surface area contributed by atoms with Gasteiger partial charge >= 0.3 is 0 Å². The molecule has 0 radical (unpaired) electrons. The predicted molar refractivity (Wildman–Crippen MR) is 127 cm³/mol. The molecule has 7 nitrogen and oxygen atoms in total. The van der Waals surface area contributed by atoms with Crippen molar-refractivity contribution in [2.75, 3.05) is 19.6 Å². The molecule has 33 heavy (non-hydrogen) atoms. The Labute approximate surface area is 191 Å². The molecule has 4 aromatic rings. The lowest BCUT2D eigenvalue weighted by atomic mass is 10.1. The molecule has 1 aliphatic heterocycles. The van der Waals surface area contributed by atoms with E-state index in [0.717, 1.165) is 35.2 Å². The summed E-state index contributed by atoms with van der Waals surface area (Å²) in [5.74, 6) is 0.271. The fraction of sp³-hybridized carbons (Fsp3) is 0.231. The van der Waals surface area contributed by atoms with Crippen LogP contribution in [0.25, 0.3) is 22.3 Å². The number of carbonyl (C=O) groups is 2. The van der Waals surface area contributed by atoms with E-state index in [1.165, 1.54) is 5.39 Å². The molecule has 0 atom stereocenters. The molecule has 0 spiro atoms. The Hall–Kier alpha value is -4.00. The lowest BCUT2D eigenvalue weighted by Gasteiger charge is -2.20. The summed E-state index contributed by atoms with van der Waals surface area (Å²) in [4.78, 5) is 39.6. The van der Waals surface area contributed by atoms with Gasteiger partial charge in [-0.15, -0.1) is 0 Å². The zero-order valence-corrected chi connectivity index (χ0v) is 18.3. The summed E-state index contributed by atoms with van der Waals surface area (Å²) in [6.45, 7) is 1.07. The molecular weight excluding hydrogens is 414 g/mol. The van der Waals surface area contributed by atoms with Crippen LogP contribution in [0.4, 0.5) is 0 Å². The standard InChI is InChI=1S/C26H25N5O2/c32-24(27-13-12-19-15-28-22-10-5-4-9-20(19)22)17-31-14-6-11-23-21(26(31)33)16-29-25(30-23)18-7-2-1-3-8-18/h1-5,7-10,15-16,28H,6,11-14,17H2,(H,27,32). The lowest BCUT2D eigenvalue weighted by Crippen LogP contribution is -2.41. The van der Waals surface area contributed by atoms with Gasteiger partial charge in [0.2, 0.25) is 5.91 Å². The SMILES string of the molecule is O=C(CN1CCCc2nc(-c3ccccc3)ncc2C1=O)NCCc1c[nH]c2ccccc12. The first-order valence-corrected chi connectivity index (χ1v) is 11.2. The number of hydrogen-bond acceptors (Lipinski definition) is 4. The molecule has 7 heteroatoms. The molecule has 1 aliphatic rings. The number of carbonyl (C=O) groups excluding carboxylic acids is 2. The van der Waals surface area contributed by atoms with Crippen molar-refractivity contribution in [3.05, 3.63) is 83.8 Å². The number of rotatable bonds is 6. The maximum absolute atomic E-state index is 13.1. The van der Waals surface area contributed by atoms with E-state index in [1.54, 1.807) is 11.1 Å². The van der Waals surface area contributed by atoms with Gasteiger partial charge in [0.05, 0.1) is 17.8 Å². The van der Waals surface area contributed by atoms with E-state index in [9.17, 15) is 9.59 Å². The fourth-order valence-corrected chi connectivity index (χ4v) is 4.28. The minimum Gasteiger partial charge on any atom is -0.361 e. The number of H-pyrrole nitrogens is 1. The van der Waals surface area contributed by atoms with Crippen molar-refractivity contribution in [2.45, 2.75) is 19.3 Å². The largest absolute Gasteiger partial charge is 0.361 e. The molecule has 166 valence electrons. The van der Waals surface area contributed by atoms with Crippen LogP contribution in [0.15, 0.2) is 67.0 Å². The number of aromatic amines is 1. The Morgan fingerprint density at radius 2 is 1.91 bits per heavy atom. The lowest BCUT2D eigenvalue weighted by molar-refractivity contribution is -0.121. The normalized spacial score (nSPS) is 13.6. The van der Waals surface area contributed by atoms with E-state index in [0.29, 0.717) is 30.9 Å². The van der Waals surface area contributed by atoms with E-state index >= 15 is 0 Å². The first-order valence-electron chi connectivity index (χ1n) is 11.2. The van der Waals surface area contributed by atoms with Crippen molar-refractivity contribution in [2.24, 2.45) is 0 Å². The zero-order valence-electron chi connectivity index (χ0n) is 18.3. The van der Waals surface area contributed by atoms with Crippen molar-refractivity contribution < 1.29 is 9.59 Å². The van der Waals surface area contributed by atoms with E-state index in [4.69, 9.17) is 0 Å². The Bertz CT molecular complexity index is 1300. The summed E-state index contributed by atoms with van der Waals surface area (Å²) in [7, 11) is 0. The van der Waals surface area contributed by atoms with Gasteiger partial charge in [0, 0.05) is 41.9 Å². The van der Waals surface area contributed by atoms with Crippen LogP contribution in [-0.4, -0.2) is 51.3 Å². The molecule has 2 aromatic carbocycles. The number of nitrogens with one attached hydrogen (secondary N) is 2. The van der Waals surface area contributed by atoms with Gasteiger partial charge < -0.3 is 15.2 Å². The second-order valence-electron chi connectivity index (χ2n) is 8.21. The highest BCUT2D eigenvalue weighted by Gasteiger charge is 2.26. The van der Waals surface area contributed by atoms with Crippen molar-refractivity contribution in [1.82, 2.24) is 25.2 Å². The molecule has 0 unspecified atom stereocenters. The molecular formula is C26H25N5O2. The topological polar surface area (TPSA) is 91.0 Å². The Balaban J connectivity index is 1.21. The molecule has 0 aliphatic carbocycles. The monoisotopic (exact) mass is 439 g/mol. The first-order chi connectivity index (χ1) is 16.2. The summed E-state index contributed by atoms with van der Waals surface area (Å²) in [5.41, 5.74) is 4.40. The third-order valence-electron chi connectivity index (χ3n) is 5.98. The van der Waals surface area contributed by atoms with E-state index < -0.39 is 0 Å². The predicted octanol–water partition coefficient (Wildman–Crippen LogP) is 3.37. The number of aryl methyl sites for hydroxylation is 1. The van der Waals surface area contributed by atoms with Crippen LogP contribution in [-0.2, 0) is 17.6 Å². The maximum Gasteiger partial charge on any atom is 0.257 e. The van der Waals surface area contributed by atoms with Crippen LogP contribution < -0.4 is 5.32 Å². The summed E-state index contributed by atoms with van der Waals surface area (Å²) in [6, 6.07) is 17.8. The average Bonchev–Trinajstić information content (AvgIpc) is 3.19. The first kappa shape index (κ1) is 20.9. The van der Waals surface area contributed by atoms with Gasteiger partial charge in [-0.05, 0) is 30.9 Å². The van der Waals surface area contributed by atoms with Crippen molar-refractivity contribution >= 4 is 22.7 Å². The number of nitrogens with zero attached hydrogens (tertiary/aromatic N) is 3. The van der Waals surface area contributed by atoms with Gasteiger partial charge in [-0.3, -0.25) is 9.59 Å². The Kier molecular flexibility index (Phi) is 5.85. The molecule has 5 rings (SSSR count). The number of aromatic nitrogens is 3. The smallest absolute Gasteiger partial charge is 0.257 e. The minimum atomic E-state index is -0.186. The number of benzene rings is 2. The van der Waals surface area contributed by atoms with Crippen LogP contribution in [0.2, 0.25) is 0 Å². The van der Waals surface area contributed by atoms with E-state index in [1.807, 2.05) is 54.7 Å². The third-order valence-corrected chi connectivity index (χ3v) is 5.98. The maximum atomic E-state index is 13.1. The number of hydrogen-bond donors (Lipinski definition) is 2. The highest BCUT2D eigenvalue weighted by Crippen LogP contribution is 2.21. The van der Waals surface area contributed by atoms with Crippen LogP contribution in [0.5, 0.6) is 0 Å². The summed E-state index contributed by atoms with van der Waals surface area (Å²) in [6.07, 6.45) is 5.74. The number of para-hydroxylation sites is 1. The van der Waals surface area contributed by atoms with Crippen LogP contribution in [0, 0.1) is 0 Å². The molecule has 0 saturated carbocycles. The molecule has 2 aromatic heterocycles. The van der Waals surface area contributed by atoms with Crippen molar-refractivity contribution in [1.29, 1.82) is 0 Å². The number of amides is 2. The van der Waals surface area contributed by atoms with Crippen LogP contribution in [0.1, 0.15) is 28.0 Å². The second kappa shape index (κ2) is 9.24. The van der Waals surface area contributed by atoms with Gasteiger partial charge in [-0.2, -0.15) is 0 Å². The molecule has 0 saturated heterocycles. The minimum absolute atomic E-state index is 0.0343. The Morgan fingerprint density at radius 1 is 1.09 bits per heavy atom. The summed E-state index contributed by atoms with van der Waals surface area (Å²) >= 11 is 0. The molecule has 3 heterocycles. The van der Waals surface area contributed by atoms with Crippen LogP contribution in [0.3, 0.4) is 0 Å². The van der Waals surface area contributed by atoms with Gasteiger partial charge in [0.25, 0.3) is 5.91 Å². The van der Waals surface area contributed by atoms with E-state index in [-0.39, 0.29) is 18.4 Å². The van der Waals surface area contributed by atoms with Gasteiger partial charge in [-0.1, -0.05) is 48.5 Å².